The largest absolute Gasteiger partial charge is 0.357 e. The lowest BCUT2D eigenvalue weighted by atomic mass is 9.73. The normalized spacial score (nSPS) is 22.0. The summed E-state index contributed by atoms with van der Waals surface area (Å²) in [7, 11) is 0. The number of hydrogen-bond acceptors (Lipinski definition) is 4. The predicted octanol–water partition coefficient (Wildman–Crippen LogP) is 5.67. The molecule has 0 bridgehead atoms. The van der Waals surface area contributed by atoms with Gasteiger partial charge in [0.25, 0.3) is 0 Å². The molecule has 1 amide bonds. The van der Waals surface area contributed by atoms with Crippen molar-refractivity contribution in [3.05, 3.63) is 70.9 Å². The van der Waals surface area contributed by atoms with Crippen molar-refractivity contribution in [3.8, 4) is 0 Å². The van der Waals surface area contributed by atoms with Crippen LogP contribution in [0.5, 0.6) is 0 Å². The maximum atomic E-state index is 13.7. The summed E-state index contributed by atoms with van der Waals surface area (Å²) in [4.78, 5) is 29.1. The van der Waals surface area contributed by atoms with E-state index in [9.17, 15) is 9.59 Å². The Balaban J connectivity index is 1.62. The molecule has 2 aliphatic carbocycles. The molecule has 1 aliphatic heterocycles. The second kappa shape index (κ2) is 8.94. The molecule has 3 aliphatic rings. The molecule has 2 aromatic carbocycles. The molecule has 178 valence electrons. The van der Waals surface area contributed by atoms with Crippen LogP contribution in [0, 0.1) is 12.3 Å². The van der Waals surface area contributed by atoms with E-state index in [0.29, 0.717) is 6.42 Å². The van der Waals surface area contributed by atoms with Gasteiger partial charge < -0.3 is 15.5 Å². The minimum Gasteiger partial charge on any atom is -0.357 e. The SMILES string of the molecule is Cc1ccc([C@H]2C3=C(CC(C)(C)CC3=O)Nc3ccccc3N2CC(=O)NC2CCCC2)cc1. The maximum Gasteiger partial charge on any atom is 0.239 e. The van der Waals surface area contributed by atoms with Gasteiger partial charge in [0.15, 0.2) is 5.78 Å². The average Bonchev–Trinajstić information content (AvgIpc) is 3.24. The fraction of sp³-hybridized carbons (Fsp3) is 0.448. The molecule has 1 heterocycles. The zero-order valence-corrected chi connectivity index (χ0v) is 20.5. The number of amides is 1. The van der Waals surface area contributed by atoms with E-state index < -0.39 is 0 Å². The van der Waals surface area contributed by atoms with Gasteiger partial charge in [0.05, 0.1) is 24.0 Å². The average molecular weight is 458 g/mol. The Hall–Kier alpha value is -3.08. The standard InChI is InChI=1S/C29H35N3O2/c1-19-12-14-20(15-13-19)28-27-23(16-29(2,3)17-25(27)33)31-22-10-6-7-11-24(22)32(28)18-26(34)30-21-8-4-5-9-21/h6-7,10-15,21,28,31H,4-5,8-9,16-18H2,1-3H3,(H,30,34)/t28-/m0/s1. The monoisotopic (exact) mass is 457 g/mol. The summed E-state index contributed by atoms with van der Waals surface area (Å²) < 4.78 is 0. The fourth-order valence-electron chi connectivity index (χ4n) is 5.82. The minimum atomic E-state index is -0.315. The molecule has 5 heteroatoms. The van der Waals surface area contributed by atoms with Gasteiger partial charge in [-0.2, -0.15) is 0 Å². The first-order valence-corrected chi connectivity index (χ1v) is 12.6. The summed E-state index contributed by atoms with van der Waals surface area (Å²) in [5.74, 6) is 0.185. The first-order chi connectivity index (χ1) is 16.3. The molecule has 0 spiro atoms. The van der Waals surface area contributed by atoms with Gasteiger partial charge in [0, 0.05) is 23.7 Å². The van der Waals surface area contributed by atoms with Gasteiger partial charge in [-0.15, -0.1) is 0 Å². The number of para-hydroxylation sites is 2. The number of nitrogens with zero attached hydrogens (tertiary/aromatic N) is 1. The van der Waals surface area contributed by atoms with Gasteiger partial charge in [-0.3, -0.25) is 9.59 Å². The van der Waals surface area contributed by atoms with Gasteiger partial charge >= 0.3 is 0 Å². The van der Waals surface area contributed by atoms with E-state index in [1.807, 2.05) is 18.2 Å². The Morgan fingerprint density at radius 1 is 1.06 bits per heavy atom. The van der Waals surface area contributed by atoms with Crippen molar-refractivity contribution in [2.45, 2.75) is 71.4 Å². The second-order valence-electron chi connectivity index (χ2n) is 11.0. The van der Waals surface area contributed by atoms with Crippen LogP contribution < -0.4 is 15.5 Å². The van der Waals surface area contributed by atoms with E-state index in [1.54, 1.807) is 0 Å². The summed E-state index contributed by atoms with van der Waals surface area (Å²) in [6, 6.07) is 16.5. The lowest BCUT2D eigenvalue weighted by Gasteiger charge is -2.38. The number of allylic oxidation sites excluding steroid dienone is 1. The van der Waals surface area contributed by atoms with E-state index in [0.717, 1.165) is 47.5 Å². The topological polar surface area (TPSA) is 61.4 Å². The maximum absolute atomic E-state index is 13.7. The molecule has 0 aromatic heterocycles. The van der Waals surface area contributed by atoms with Crippen molar-refractivity contribution in [2.24, 2.45) is 5.41 Å². The predicted molar refractivity (Wildman–Crippen MR) is 137 cm³/mol. The highest BCUT2D eigenvalue weighted by atomic mass is 16.2. The van der Waals surface area contributed by atoms with Gasteiger partial charge in [-0.1, -0.05) is 68.7 Å². The summed E-state index contributed by atoms with van der Waals surface area (Å²) in [5, 5.41) is 6.87. The highest BCUT2D eigenvalue weighted by Crippen LogP contribution is 2.48. The number of anilines is 2. The molecule has 34 heavy (non-hydrogen) atoms. The number of hydrogen-bond donors (Lipinski definition) is 2. The molecule has 2 aromatic rings. The number of nitrogens with one attached hydrogen (secondary N) is 2. The van der Waals surface area contributed by atoms with Crippen LogP contribution in [0.1, 0.15) is 69.5 Å². The van der Waals surface area contributed by atoms with Crippen LogP contribution >= 0.6 is 0 Å². The lowest BCUT2D eigenvalue weighted by molar-refractivity contribution is -0.121. The van der Waals surface area contributed by atoms with Crippen molar-refractivity contribution < 1.29 is 9.59 Å². The molecule has 5 rings (SSSR count). The van der Waals surface area contributed by atoms with Crippen LogP contribution in [0.2, 0.25) is 0 Å². The number of fused-ring (bicyclic) bond motifs is 1. The Morgan fingerprint density at radius 3 is 2.50 bits per heavy atom. The Bertz CT molecular complexity index is 1130. The van der Waals surface area contributed by atoms with Crippen molar-refractivity contribution in [2.75, 3.05) is 16.8 Å². The van der Waals surface area contributed by atoms with Crippen molar-refractivity contribution >= 4 is 23.1 Å². The van der Waals surface area contributed by atoms with Gasteiger partial charge in [-0.25, -0.2) is 0 Å². The number of aryl methyl sites for hydroxylation is 1. The van der Waals surface area contributed by atoms with E-state index in [-0.39, 0.29) is 35.7 Å². The van der Waals surface area contributed by atoms with Crippen LogP contribution in [0.4, 0.5) is 11.4 Å². The summed E-state index contributed by atoms with van der Waals surface area (Å²) >= 11 is 0. The van der Waals surface area contributed by atoms with Gasteiger partial charge in [0.2, 0.25) is 5.91 Å². The summed E-state index contributed by atoms with van der Waals surface area (Å²) in [6.07, 6.45) is 5.76. The quantitative estimate of drug-likeness (QED) is 0.621. The van der Waals surface area contributed by atoms with Crippen LogP contribution in [0.25, 0.3) is 0 Å². The number of carbonyl (C=O) groups is 2. The van der Waals surface area contributed by atoms with E-state index >= 15 is 0 Å². The van der Waals surface area contributed by atoms with E-state index in [4.69, 9.17) is 0 Å². The van der Waals surface area contributed by atoms with Crippen molar-refractivity contribution in [1.82, 2.24) is 5.32 Å². The molecular weight excluding hydrogens is 422 g/mol. The number of carbonyl (C=O) groups excluding carboxylic acids is 2. The van der Waals surface area contributed by atoms with Crippen molar-refractivity contribution in [3.63, 3.8) is 0 Å². The van der Waals surface area contributed by atoms with E-state index in [1.165, 1.54) is 18.4 Å². The Labute approximate surface area is 202 Å². The number of rotatable bonds is 4. The number of benzene rings is 2. The highest BCUT2D eigenvalue weighted by Gasteiger charge is 2.42. The molecule has 1 fully saturated rings. The molecule has 1 saturated carbocycles. The lowest BCUT2D eigenvalue weighted by Crippen LogP contribution is -2.44. The third kappa shape index (κ3) is 4.48. The Morgan fingerprint density at radius 2 is 1.76 bits per heavy atom. The van der Waals surface area contributed by atoms with Crippen LogP contribution in [-0.2, 0) is 9.59 Å². The number of Topliss-reactive ketones (excluding diaryl/α,β-unsaturated/α-hetero) is 1. The Kier molecular flexibility index (Phi) is 5.97. The summed E-state index contributed by atoms with van der Waals surface area (Å²) in [5.41, 5.74) is 5.79. The van der Waals surface area contributed by atoms with E-state index in [2.05, 4.69) is 66.6 Å². The molecule has 0 radical (unpaired) electrons. The molecular formula is C29H35N3O2. The summed E-state index contributed by atoms with van der Waals surface area (Å²) in [6.45, 7) is 6.59. The molecule has 5 nitrogen and oxygen atoms in total. The third-order valence-corrected chi connectivity index (χ3v) is 7.43. The fourth-order valence-corrected chi connectivity index (χ4v) is 5.82. The first-order valence-electron chi connectivity index (χ1n) is 12.6. The first kappa shape index (κ1) is 22.7. The van der Waals surface area contributed by atoms with Crippen LogP contribution in [0.3, 0.4) is 0 Å². The van der Waals surface area contributed by atoms with Gasteiger partial charge in [-0.05, 0) is 49.3 Å². The molecule has 0 unspecified atom stereocenters. The zero-order valence-electron chi connectivity index (χ0n) is 20.5. The molecule has 2 N–H and O–H groups in total. The number of ketones is 1. The molecule has 0 saturated heterocycles. The van der Waals surface area contributed by atoms with Crippen LogP contribution in [0.15, 0.2) is 59.8 Å². The van der Waals surface area contributed by atoms with Crippen molar-refractivity contribution in [1.29, 1.82) is 0 Å². The minimum absolute atomic E-state index is 0.0199. The van der Waals surface area contributed by atoms with Crippen LogP contribution in [-0.4, -0.2) is 24.3 Å². The second-order valence-corrected chi connectivity index (χ2v) is 11.0. The highest BCUT2D eigenvalue weighted by molar-refractivity contribution is 6.01. The zero-order chi connectivity index (χ0) is 23.9. The van der Waals surface area contributed by atoms with Gasteiger partial charge in [0.1, 0.15) is 0 Å². The molecule has 1 atom stereocenters. The third-order valence-electron chi connectivity index (χ3n) is 7.43. The smallest absolute Gasteiger partial charge is 0.239 e.